The molecule has 1 aromatic carbocycles. The van der Waals surface area contributed by atoms with Crippen LogP contribution in [0.4, 0.5) is 0 Å². The van der Waals surface area contributed by atoms with Crippen LogP contribution in [0.5, 0.6) is 0 Å². The van der Waals surface area contributed by atoms with Crippen LogP contribution in [0.1, 0.15) is 51.7 Å². The summed E-state index contributed by atoms with van der Waals surface area (Å²) in [5.74, 6) is 0.00737. The summed E-state index contributed by atoms with van der Waals surface area (Å²) in [6, 6.07) is 8.37. The highest BCUT2D eigenvalue weighted by atomic mass is 35.5. The number of nitrogens with two attached hydrogens (primary N) is 1. The highest BCUT2D eigenvalue weighted by molar-refractivity contribution is 5.85. The van der Waals surface area contributed by atoms with Gasteiger partial charge in [0.15, 0.2) is 0 Å². The Morgan fingerprint density at radius 2 is 1.85 bits per heavy atom. The summed E-state index contributed by atoms with van der Waals surface area (Å²) >= 11 is 0. The summed E-state index contributed by atoms with van der Waals surface area (Å²) in [6.07, 6.45) is 1.48. The van der Waals surface area contributed by atoms with E-state index in [0.717, 1.165) is 12.0 Å². The third-order valence-corrected chi connectivity index (χ3v) is 3.62. The Bertz CT molecular complexity index is 413. The van der Waals surface area contributed by atoms with Crippen LogP contribution in [-0.4, -0.2) is 11.9 Å². The Labute approximate surface area is 128 Å². The van der Waals surface area contributed by atoms with Crippen LogP contribution < -0.4 is 11.1 Å². The van der Waals surface area contributed by atoms with E-state index in [4.69, 9.17) is 5.73 Å². The van der Waals surface area contributed by atoms with E-state index in [1.54, 1.807) is 0 Å². The lowest BCUT2D eigenvalue weighted by Crippen LogP contribution is -2.29. The van der Waals surface area contributed by atoms with Crippen LogP contribution in [0, 0.1) is 0 Å². The van der Waals surface area contributed by atoms with Crippen LogP contribution in [0.3, 0.4) is 0 Å². The summed E-state index contributed by atoms with van der Waals surface area (Å²) < 4.78 is 0. The maximum absolute atomic E-state index is 11.5. The van der Waals surface area contributed by atoms with Crippen LogP contribution >= 0.6 is 12.4 Å². The molecule has 20 heavy (non-hydrogen) atoms. The van der Waals surface area contributed by atoms with E-state index < -0.39 is 0 Å². The van der Waals surface area contributed by atoms with Crippen LogP contribution in [0.15, 0.2) is 24.3 Å². The van der Waals surface area contributed by atoms with E-state index >= 15 is 0 Å². The van der Waals surface area contributed by atoms with Gasteiger partial charge in [0.2, 0.25) is 5.91 Å². The monoisotopic (exact) mass is 298 g/mol. The molecule has 0 aliphatic carbocycles. The second-order valence-electron chi connectivity index (χ2n) is 5.89. The minimum atomic E-state index is -0.0901. The molecule has 114 valence electrons. The molecule has 0 aromatic heterocycles. The summed E-state index contributed by atoms with van der Waals surface area (Å²) in [6.45, 7) is 9.08. The molecule has 3 N–H and O–H groups in total. The van der Waals surface area contributed by atoms with Crippen molar-refractivity contribution in [2.45, 2.75) is 58.5 Å². The summed E-state index contributed by atoms with van der Waals surface area (Å²) in [4.78, 5) is 11.5. The molecule has 3 nitrogen and oxygen atoms in total. The van der Waals surface area contributed by atoms with Gasteiger partial charge in [-0.2, -0.15) is 0 Å². The molecule has 1 atom stereocenters. The Balaban J connectivity index is 0.00000361. The van der Waals surface area contributed by atoms with Gasteiger partial charge in [-0.3, -0.25) is 4.79 Å². The van der Waals surface area contributed by atoms with Crippen molar-refractivity contribution in [2.24, 2.45) is 5.73 Å². The summed E-state index contributed by atoms with van der Waals surface area (Å²) in [5.41, 5.74) is 8.24. The maximum atomic E-state index is 11.5. The van der Waals surface area contributed by atoms with Gasteiger partial charge < -0.3 is 11.1 Å². The smallest absolute Gasteiger partial charge is 0.221 e. The molecule has 0 saturated heterocycles. The molecular formula is C16H27ClN2O. The summed E-state index contributed by atoms with van der Waals surface area (Å²) in [5, 5.41) is 2.88. The Hall–Kier alpha value is -1.06. The number of hydrogen-bond acceptors (Lipinski definition) is 2. The number of amides is 1. The highest BCUT2D eigenvalue weighted by Gasteiger charge is 2.17. The van der Waals surface area contributed by atoms with Crippen molar-refractivity contribution < 1.29 is 4.79 Å². The molecule has 4 heteroatoms. The molecule has 1 rings (SSSR count). The zero-order valence-corrected chi connectivity index (χ0v) is 13.7. The normalized spacial score (nSPS) is 12.4. The number of carbonyl (C=O) groups excluding carboxylic acids is 1. The third kappa shape index (κ3) is 5.93. The predicted molar refractivity (Wildman–Crippen MR) is 87.1 cm³/mol. The maximum Gasteiger partial charge on any atom is 0.221 e. The first-order valence-electron chi connectivity index (χ1n) is 6.97. The fraction of sp³-hybridized carbons (Fsp3) is 0.562. The second-order valence-corrected chi connectivity index (χ2v) is 5.89. The minimum absolute atomic E-state index is 0. The van der Waals surface area contributed by atoms with Crippen LogP contribution in [0.25, 0.3) is 0 Å². The fourth-order valence-corrected chi connectivity index (χ4v) is 1.84. The van der Waals surface area contributed by atoms with Crippen molar-refractivity contribution in [1.29, 1.82) is 0 Å². The van der Waals surface area contributed by atoms with E-state index in [1.807, 2.05) is 6.92 Å². The highest BCUT2D eigenvalue weighted by Crippen LogP contribution is 2.26. The van der Waals surface area contributed by atoms with Gasteiger partial charge in [-0.25, -0.2) is 0 Å². The number of hydrogen-bond donors (Lipinski definition) is 2. The first-order valence-corrected chi connectivity index (χ1v) is 6.97. The van der Waals surface area contributed by atoms with Gasteiger partial charge in [0.05, 0.1) is 0 Å². The largest absolute Gasteiger partial charge is 0.352 e. The van der Waals surface area contributed by atoms with E-state index in [0.29, 0.717) is 13.0 Å². The van der Waals surface area contributed by atoms with E-state index in [1.165, 1.54) is 5.56 Å². The standard InChI is InChI=1S/C16H26N2O.ClH/c1-5-16(3,4)14-8-6-13(7-9-14)11-18-15(19)10-12(2)17;/h6-9,12H,5,10-11,17H2,1-4H3,(H,18,19);1H. The first-order chi connectivity index (χ1) is 8.85. The molecular weight excluding hydrogens is 272 g/mol. The van der Waals surface area contributed by atoms with Gasteiger partial charge in [-0.05, 0) is 29.9 Å². The molecule has 0 bridgehead atoms. The number of benzene rings is 1. The molecule has 1 amide bonds. The Morgan fingerprint density at radius 1 is 1.30 bits per heavy atom. The van der Waals surface area contributed by atoms with Gasteiger partial charge in [-0.15, -0.1) is 12.4 Å². The molecule has 0 fully saturated rings. The zero-order valence-electron chi connectivity index (χ0n) is 12.9. The van der Waals surface area contributed by atoms with E-state index in [-0.39, 0.29) is 29.8 Å². The second kappa shape index (κ2) is 8.28. The lowest BCUT2D eigenvalue weighted by Gasteiger charge is -2.23. The molecule has 0 aliphatic rings. The van der Waals surface area contributed by atoms with Crippen molar-refractivity contribution in [2.75, 3.05) is 0 Å². The van der Waals surface area contributed by atoms with Crippen molar-refractivity contribution in [3.63, 3.8) is 0 Å². The molecule has 0 radical (unpaired) electrons. The molecule has 0 spiro atoms. The quantitative estimate of drug-likeness (QED) is 0.847. The number of carbonyl (C=O) groups is 1. The molecule has 0 heterocycles. The van der Waals surface area contributed by atoms with Gasteiger partial charge in [-0.1, -0.05) is 45.0 Å². The number of rotatable bonds is 6. The summed E-state index contributed by atoms with van der Waals surface area (Å²) in [7, 11) is 0. The van der Waals surface area contributed by atoms with E-state index in [9.17, 15) is 4.79 Å². The Kier molecular flexibility index (Phi) is 7.84. The third-order valence-electron chi connectivity index (χ3n) is 3.62. The minimum Gasteiger partial charge on any atom is -0.352 e. The SMILES string of the molecule is CCC(C)(C)c1ccc(CNC(=O)CC(C)N)cc1.Cl. The zero-order chi connectivity index (χ0) is 14.5. The number of halogens is 1. The van der Waals surface area contributed by atoms with Gasteiger partial charge in [0.1, 0.15) is 0 Å². The lowest BCUT2D eigenvalue weighted by molar-refractivity contribution is -0.121. The molecule has 1 aromatic rings. The average Bonchev–Trinajstić information content (AvgIpc) is 2.36. The Morgan fingerprint density at radius 3 is 2.30 bits per heavy atom. The molecule has 0 saturated carbocycles. The van der Waals surface area contributed by atoms with E-state index in [2.05, 4.69) is 50.4 Å². The predicted octanol–water partition coefficient (Wildman–Crippen LogP) is 3.15. The lowest BCUT2D eigenvalue weighted by atomic mass is 9.82. The van der Waals surface area contributed by atoms with Crippen LogP contribution in [-0.2, 0) is 16.8 Å². The average molecular weight is 299 g/mol. The molecule has 1 unspecified atom stereocenters. The van der Waals surface area contributed by atoms with Crippen molar-refractivity contribution >= 4 is 18.3 Å². The van der Waals surface area contributed by atoms with Crippen LogP contribution in [0.2, 0.25) is 0 Å². The van der Waals surface area contributed by atoms with Crippen molar-refractivity contribution in [1.82, 2.24) is 5.32 Å². The van der Waals surface area contributed by atoms with Crippen molar-refractivity contribution in [3.05, 3.63) is 35.4 Å². The van der Waals surface area contributed by atoms with Gasteiger partial charge >= 0.3 is 0 Å². The van der Waals surface area contributed by atoms with Crippen molar-refractivity contribution in [3.8, 4) is 0 Å². The topological polar surface area (TPSA) is 55.1 Å². The first kappa shape index (κ1) is 18.9. The number of nitrogens with one attached hydrogen (secondary N) is 1. The van der Waals surface area contributed by atoms with Gasteiger partial charge in [0.25, 0.3) is 0 Å². The van der Waals surface area contributed by atoms with Gasteiger partial charge in [0, 0.05) is 19.0 Å². The fourth-order valence-electron chi connectivity index (χ4n) is 1.84. The molecule has 0 aliphatic heterocycles.